The van der Waals surface area contributed by atoms with Crippen LogP contribution in [0.3, 0.4) is 0 Å². The Morgan fingerprint density at radius 2 is 0.917 bits per heavy atom. The molecular weight excluding hydrogens is 735 g/mol. The van der Waals surface area contributed by atoms with Crippen LogP contribution in [-0.4, -0.2) is 21.0 Å². The van der Waals surface area contributed by atoms with Crippen LogP contribution in [0.5, 0.6) is 0 Å². The van der Waals surface area contributed by atoms with Crippen LogP contribution in [0.1, 0.15) is 122 Å². The first-order valence-corrected chi connectivity index (χ1v) is 19.1. The Hall–Kier alpha value is 0.629. The van der Waals surface area contributed by atoms with E-state index in [0.29, 0.717) is 0 Å². The van der Waals surface area contributed by atoms with Gasteiger partial charge in [-0.15, -0.1) is 36.4 Å². The third-order valence-electron chi connectivity index (χ3n) is 9.96. The van der Waals surface area contributed by atoms with E-state index >= 15 is 0 Å². The standard InChI is InChI=1S/2C21H31S.2ClH.2Ti/c2*1-7-16-22-21(20(5,6)17-12-8-9-13-17)15-11-10-14-18(21)19(2,3)4;;;;/h2*8,10-12,14H,7,9,15-16H2,1-6H3;2*1H;;/q2*-1;;;2*+2/p-2. The van der Waals surface area contributed by atoms with Crippen LogP contribution in [0, 0.1) is 33.8 Å². The van der Waals surface area contributed by atoms with Gasteiger partial charge in [0.25, 0.3) is 0 Å². The Morgan fingerprint density at radius 1 is 0.583 bits per heavy atom. The van der Waals surface area contributed by atoms with Crippen LogP contribution >= 0.6 is 23.5 Å². The minimum absolute atomic E-state index is 0. The summed E-state index contributed by atoms with van der Waals surface area (Å²) in [5, 5.41) is 0. The quantitative estimate of drug-likeness (QED) is 0.172. The van der Waals surface area contributed by atoms with E-state index in [-0.39, 0.29) is 99.4 Å². The van der Waals surface area contributed by atoms with Gasteiger partial charge < -0.3 is 24.8 Å². The molecule has 0 fully saturated rings. The normalized spacial score (nSPS) is 23.2. The molecule has 0 spiro atoms. The van der Waals surface area contributed by atoms with Gasteiger partial charge in [0, 0.05) is 9.49 Å². The van der Waals surface area contributed by atoms with E-state index in [4.69, 9.17) is 0 Å². The zero-order valence-electron chi connectivity index (χ0n) is 32.0. The molecule has 0 bridgehead atoms. The summed E-state index contributed by atoms with van der Waals surface area (Å²) in [5.41, 5.74) is 6.49. The van der Waals surface area contributed by atoms with Gasteiger partial charge in [-0.2, -0.15) is 12.2 Å². The summed E-state index contributed by atoms with van der Waals surface area (Å²) in [4.78, 5) is 0. The zero-order valence-corrected chi connectivity index (χ0v) is 38.3. The molecule has 0 amide bonds. The van der Waals surface area contributed by atoms with Crippen LogP contribution in [-0.2, 0) is 43.4 Å². The van der Waals surface area contributed by atoms with Crippen molar-refractivity contribution in [3.05, 3.63) is 95.2 Å². The first kappa shape index (κ1) is 50.7. The van der Waals surface area contributed by atoms with Crippen molar-refractivity contribution in [2.75, 3.05) is 11.5 Å². The van der Waals surface area contributed by atoms with E-state index in [9.17, 15) is 0 Å². The fraction of sp³-hybridized carbons (Fsp3) is 0.619. The van der Waals surface area contributed by atoms with Crippen molar-refractivity contribution in [3.8, 4) is 0 Å². The van der Waals surface area contributed by atoms with Crippen molar-refractivity contribution in [2.24, 2.45) is 21.7 Å². The number of rotatable bonds is 10. The van der Waals surface area contributed by atoms with E-state index in [0.717, 1.165) is 25.7 Å². The van der Waals surface area contributed by atoms with Crippen LogP contribution in [0.2, 0.25) is 0 Å². The van der Waals surface area contributed by atoms with Gasteiger partial charge in [-0.1, -0.05) is 120 Å². The average Bonchev–Trinajstić information content (AvgIpc) is 3.70. The molecule has 4 aliphatic rings. The van der Waals surface area contributed by atoms with E-state index in [1.807, 2.05) is 0 Å². The van der Waals surface area contributed by atoms with E-state index in [1.165, 1.54) is 35.5 Å². The van der Waals surface area contributed by atoms with Crippen LogP contribution < -0.4 is 24.8 Å². The smallest absolute Gasteiger partial charge is 1.00 e. The van der Waals surface area contributed by atoms with Crippen molar-refractivity contribution in [1.29, 1.82) is 0 Å². The molecule has 0 nitrogen and oxygen atoms in total. The van der Waals surface area contributed by atoms with Gasteiger partial charge >= 0.3 is 43.4 Å². The second-order valence-electron chi connectivity index (χ2n) is 15.9. The number of hydrogen-bond donors (Lipinski definition) is 0. The van der Waals surface area contributed by atoms with Gasteiger partial charge in [-0.25, -0.2) is 23.3 Å². The predicted octanol–water partition coefficient (Wildman–Crippen LogP) is 7.04. The van der Waals surface area contributed by atoms with Crippen LogP contribution in [0.15, 0.2) is 83.1 Å². The molecule has 48 heavy (non-hydrogen) atoms. The summed E-state index contributed by atoms with van der Waals surface area (Å²) in [5.74, 6) is 2.42. The summed E-state index contributed by atoms with van der Waals surface area (Å²) in [7, 11) is 0. The fourth-order valence-electron chi connectivity index (χ4n) is 7.47. The monoisotopic (exact) mass is 796 g/mol. The molecule has 0 aromatic heterocycles. The Balaban J connectivity index is 0. The number of allylic oxidation sites excluding steroid dienone is 14. The number of halogens is 2. The van der Waals surface area contributed by atoms with Gasteiger partial charge in [-0.3, -0.25) is 12.2 Å². The van der Waals surface area contributed by atoms with Crippen LogP contribution in [0.25, 0.3) is 0 Å². The number of thioether (sulfide) groups is 2. The van der Waals surface area contributed by atoms with E-state index < -0.39 is 0 Å². The zero-order chi connectivity index (χ0) is 32.9. The minimum atomic E-state index is 0. The van der Waals surface area contributed by atoms with Gasteiger partial charge in [0.15, 0.2) is 0 Å². The molecule has 4 aliphatic carbocycles. The summed E-state index contributed by atoms with van der Waals surface area (Å²) in [6, 6.07) is 0. The number of hydrogen-bond acceptors (Lipinski definition) is 2. The topological polar surface area (TPSA) is 0 Å². The predicted molar refractivity (Wildman–Crippen MR) is 202 cm³/mol. The molecule has 0 N–H and O–H groups in total. The molecule has 2 unspecified atom stereocenters. The molecule has 0 heterocycles. The second kappa shape index (κ2) is 20.8. The SMILES string of the molecule is CCCSC1(C(C)(C)C2=[C-]CC=C2)CC=CC=C1C(C)(C)C.CCCSC1(C(C)(C)C2=[C-]CC=C2)CC=CC=C1C(C)(C)C.[Cl-].[Cl-].[Ti+2].[Ti+2]. The van der Waals surface area contributed by atoms with Crippen molar-refractivity contribution in [2.45, 2.75) is 131 Å². The Morgan fingerprint density at radius 3 is 1.17 bits per heavy atom. The van der Waals surface area contributed by atoms with Crippen molar-refractivity contribution in [3.63, 3.8) is 0 Å². The molecular formula is C42H62Cl2S2Ti2. The molecule has 0 saturated heterocycles. The molecule has 6 heteroatoms. The van der Waals surface area contributed by atoms with Gasteiger partial charge in [0.1, 0.15) is 0 Å². The summed E-state index contributed by atoms with van der Waals surface area (Å²) in [6.45, 7) is 28.4. The maximum atomic E-state index is 3.61. The third kappa shape index (κ3) is 10.8. The van der Waals surface area contributed by atoms with Gasteiger partial charge in [0.05, 0.1) is 0 Å². The van der Waals surface area contributed by atoms with E-state index in [1.54, 1.807) is 11.1 Å². The summed E-state index contributed by atoms with van der Waals surface area (Å²) < 4.78 is 0.264. The summed E-state index contributed by atoms with van der Waals surface area (Å²) >= 11 is 4.32. The Bertz CT molecular complexity index is 1170. The van der Waals surface area contributed by atoms with Crippen molar-refractivity contribution in [1.82, 2.24) is 0 Å². The van der Waals surface area contributed by atoms with Crippen molar-refractivity contribution < 1.29 is 68.2 Å². The second-order valence-corrected chi connectivity index (χ2v) is 18.7. The fourth-order valence-corrected chi connectivity index (χ4v) is 11.0. The summed E-state index contributed by atoms with van der Waals surface area (Å²) in [6.07, 6.45) is 36.9. The molecule has 0 radical (unpaired) electrons. The molecule has 0 aromatic carbocycles. The largest absolute Gasteiger partial charge is 2.00 e. The maximum Gasteiger partial charge on any atom is 2.00 e. The molecule has 2 atom stereocenters. The minimum Gasteiger partial charge on any atom is -1.00 e. The molecule has 0 saturated carbocycles. The average molecular weight is 798 g/mol. The van der Waals surface area contributed by atoms with Crippen LogP contribution in [0.4, 0.5) is 0 Å². The third-order valence-corrected chi connectivity index (χ3v) is 14.0. The van der Waals surface area contributed by atoms with E-state index in [2.05, 4.69) is 180 Å². The maximum absolute atomic E-state index is 3.61. The van der Waals surface area contributed by atoms with Gasteiger partial charge in [-0.05, 0) is 70.0 Å². The van der Waals surface area contributed by atoms with Gasteiger partial charge in [0.2, 0.25) is 0 Å². The first-order valence-electron chi connectivity index (χ1n) is 17.1. The Kier molecular flexibility index (Phi) is 21.9. The molecule has 264 valence electrons. The molecule has 0 aromatic rings. The Labute approximate surface area is 348 Å². The molecule has 0 aliphatic heterocycles. The van der Waals surface area contributed by atoms with Crippen molar-refractivity contribution >= 4 is 23.5 Å². The molecule has 4 rings (SSSR count). The first-order chi connectivity index (χ1) is 20.5.